The molecule has 0 saturated heterocycles. The van der Waals surface area contributed by atoms with Gasteiger partial charge < -0.3 is 0 Å². The molecule has 170 valence electrons. The van der Waals surface area contributed by atoms with Gasteiger partial charge in [-0.25, -0.2) is 0 Å². The van der Waals surface area contributed by atoms with E-state index in [0.29, 0.717) is 17.5 Å². The Hall–Kier alpha value is -3.17. The van der Waals surface area contributed by atoms with Gasteiger partial charge in [0.25, 0.3) is 0 Å². The third kappa shape index (κ3) is 4.79. The molecule has 1 nitrogen and oxygen atoms in total. The normalized spacial score (nSPS) is 11.9. The number of hydrogen-bond acceptors (Lipinski definition) is 1. The minimum absolute atomic E-state index is 0.0343. The topological polar surface area (TPSA) is 9.23 Å². The molecular formula is C27H23F4OP. The van der Waals surface area contributed by atoms with Crippen molar-refractivity contribution in [3.8, 4) is 5.75 Å². The van der Waals surface area contributed by atoms with Crippen molar-refractivity contribution in [1.29, 1.82) is 0 Å². The average Bonchev–Trinajstić information content (AvgIpc) is 2.86. The van der Waals surface area contributed by atoms with Crippen molar-refractivity contribution < 1.29 is 22.3 Å². The van der Waals surface area contributed by atoms with Crippen LogP contribution in [-0.4, -0.2) is 13.3 Å². The van der Waals surface area contributed by atoms with Gasteiger partial charge in [0.1, 0.15) is 0 Å². The molecule has 33 heavy (non-hydrogen) atoms. The van der Waals surface area contributed by atoms with E-state index in [0.717, 1.165) is 28.0 Å². The van der Waals surface area contributed by atoms with Crippen molar-refractivity contribution >= 4 is 23.2 Å². The second kappa shape index (κ2) is 10.2. The van der Waals surface area contributed by atoms with E-state index in [2.05, 4.69) is 0 Å². The van der Waals surface area contributed by atoms with Gasteiger partial charge in [-0.2, -0.15) is 0 Å². The van der Waals surface area contributed by atoms with E-state index >= 15 is 0 Å². The van der Waals surface area contributed by atoms with Crippen molar-refractivity contribution in [1.82, 2.24) is 0 Å². The molecule has 4 aromatic carbocycles. The maximum absolute atomic E-state index is 14.1. The van der Waals surface area contributed by atoms with Crippen molar-refractivity contribution in [3.05, 3.63) is 120 Å². The average molecular weight is 470 g/mol. The molecule has 4 rings (SSSR count). The van der Waals surface area contributed by atoms with Crippen LogP contribution in [0.3, 0.4) is 0 Å². The van der Waals surface area contributed by atoms with Gasteiger partial charge in [0.2, 0.25) is 0 Å². The number of ether oxygens (including phenoxy) is 1. The second-order valence-corrected chi connectivity index (χ2v) is 11.6. The van der Waals surface area contributed by atoms with Crippen LogP contribution in [0.2, 0.25) is 0 Å². The zero-order valence-corrected chi connectivity index (χ0v) is 18.8. The second-order valence-electron chi connectivity index (χ2n) is 7.75. The molecule has 0 radical (unpaired) electrons. The van der Waals surface area contributed by atoms with Crippen LogP contribution in [0.25, 0.3) is 0 Å². The molecule has 0 aliphatic carbocycles. The molecule has 0 N–H and O–H groups in total. The predicted octanol–water partition coefficient (Wildman–Crippen LogP) is 5.68. The first kappa shape index (κ1) is 23.0. The third-order valence-corrected chi connectivity index (χ3v) is 10.6. The summed E-state index contributed by atoms with van der Waals surface area (Å²) >= 11 is 0. The van der Waals surface area contributed by atoms with Crippen LogP contribution in [0.4, 0.5) is 17.6 Å². The number of halogens is 4. The van der Waals surface area contributed by atoms with E-state index < -0.39 is 31.4 Å². The van der Waals surface area contributed by atoms with E-state index in [-0.39, 0.29) is 6.61 Å². The van der Waals surface area contributed by atoms with Gasteiger partial charge in [0.05, 0.1) is 0 Å². The fourth-order valence-corrected chi connectivity index (χ4v) is 8.95. The Labute approximate surface area is 191 Å². The standard InChI is InChI=1S/C27H23F4OP/c28-15-16-32-21-11-13-24(14-12-21)33(22-7-3-1-4-8-22,23-9-5-2-6-10-23)19-20-17-25(29)27(31)26(30)18-20/h1-14,17-18,33H,15-16,19H2. The molecule has 0 amide bonds. The fourth-order valence-electron chi connectivity index (χ4n) is 4.26. The summed E-state index contributed by atoms with van der Waals surface area (Å²) in [5, 5.41) is 3.06. The van der Waals surface area contributed by atoms with Gasteiger partial charge in [-0.3, -0.25) is 0 Å². The molecular weight excluding hydrogens is 447 g/mol. The Balaban J connectivity index is 1.93. The van der Waals surface area contributed by atoms with Crippen molar-refractivity contribution in [3.63, 3.8) is 0 Å². The Morgan fingerprint density at radius 1 is 0.636 bits per heavy atom. The monoisotopic (exact) mass is 470 g/mol. The van der Waals surface area contributed by atoms with Gasteiger partial charge >= 0.3 is 191 Å². The van der Waals surface area contributed by atoms with Crippen molar-refractivity contribution in [2.75, 3.05) is 13.3 Å². The van der Waals surface area contributed by atoms with Crippen LogP contribution in [0.1, 0.15) is 5.56 Å². The van der Waals surface area contributed by atoms with E-state index in [9.17, 15) is 17.6 Å². The quantitative estimate of drug-likeness (QED) is 0.183. The molecule has 0 heterocycles. The van der Waals surface area contributed by atoms with Crippen LogP contribution in [0, 0.1) is 17.5 Å². The Morgan fingerprint density at radius 2 is 1.12 bits per heavy atom. The third-order valence-electron chi connectivity index (χ3n) is 5.74. The number of rotatable bonds is 8. The van der Waals surface area contributed by atoms with Crippen LogP contribution in [0.5, 0.6) is 5.75 Å². The minimum atomic E-state index is -2.87. The van der Waals surface area contributed by atoms with Gasteiger partial charge in [0, 0.05) is 0 Å². The zero-order valence-electron chi connectivity index (χ0n) is 17.8. The first-order valence-corrected chi connectivity index (χ1v) is 12.8. The first-order valence-electron chi connectivity index (χ1n) is 10.6. The van der Waals surface area contributed by atoms with E-state index in [1.165, 1.54) is 0 Å². The van der Waals surface area contributed by atoms with Gasteiger partial charge in [0.15, 0.2) is 0 Å². The summed E-state index contributed by atoms with van der Waals surface area (Å²) in [6.45, 7) is -0.621. The van der Waals surface area contributed by atoms with E-state index in [1.807, 2.05) is 72.8 Å². The van der Waals surface area contributed by atoms with Crippen LogP contribution >= 0.6 is 7.26 Å². The van der Waals surface area contributed by atoms with Crippen molar-refractivity contribution in [2.45, 2.75) is 6.16 Å². The molecule has 0 aromatic heterocycles. The fraction of sp³-hybridized carbons (Fsp3) is 0.111. The molecule has 0 aliphatic heterocycles. The SMILES string of the molecule is FCCOc1ccc([PH](Cc2cc(F)c(F)c(F)c2)(c2ccccc2)c2ccccc2)cc1. The summed E-state index contributed by atoms with van der Waals surface area (Å²) in [5.74, 6) is -3.34. The molecule has 6 heteroatoms. The van der Waals surface area contributed by atoms with Gasteiger partial charge in [-0.05, 0) is 0 Å². The molecule has 4 aromatic rings. The summed E-state index contributed by atoms with van der Waals surface area (Å²) in [5.41, 5.74) is 0.378. The summed E-state index contributed by atoms with van der Waals surface area (Å²) < 4.78 is 59.9. The molecule has 0 fully saturated rings. The molecule has 0 spiro atoms. The van der Waals surface area contributed by atoms with Crippen LogP contribution in [-0.2, 0) is 6.16 Å². The molecule has 0 bridgehead atoms. The zero-order chi connectivity index (χ0) is 23.3. The first-order chi connectivity index (χ1) is 16.0. The number of benzene rings is 4. The molecule has 0 saturated carbocycles. The summed E-state index contributed by atoms with van der Waals surface area (Å²) in [6, 6.07) is 29.2. The maximum atomic E-state index is 14.1. The Kier molecular flexibility index (Phi) is 7.10. The van der Waals surface area contributed by atoms with Crippen molar-refractivity contribution in [2.24, 2.45) is 0 Å². The van der Waals surface area contributed by atoms with E-state index in [4.69, 9.17) is 4.74 Å². The van der Waals surface area contributed by atoms with Crippen LogP contribution in [0.15, 0.2) is 97.1 Å². The van der Waals surface area contributed by atoms with Gasteiger partial charge in [-0.1, -0.05) is 0 Å². The molecule has 0 unspecified atom stereocenters. The number of alkyl halides is 1. The van der Waals surface area contributed by atoms with Crippen LogP contribution < -0.4 is 20.7 Å². The molecule has 0 atom stereocenters. The molecule has 0 aliphatic rings. The predicted molar refractivity (Wildman–Crippen MR) is 128 cm³/mol. The van der Waals surface area contributed by atoms with Gasteiger partial charge in [-0.15, -0.1) is 0 Å². The number of hydrogen-bond donors (Lipinski definition) is 0. The Morgan fingerprint density at radius 3 is 1.61 bits per heavy atom. The summed E-state index contributed by atoms with van der Waals surface area (Å²) in [4.78, 5) is 0. The summed E-state index contributed by atoms with van der Waals surface area (Å²) in [6.07, 6.45) is 0.319. The Bertz CT molecular complexity index is 1140. The van der Waals surface area contributed by atoms with E-state index in [1.54, 1.807) is 12.1 Å². The summed E-state index contributed by atoms with van der Waals surface area (Å²) in [7, 11) is -2.87.